The molecule has 0 aromatic carbocycles. The second-order valence-corrected chi connectivity index (χ2v) is 39.0. The van der Waals surface area contributed by atoms with Crippen molar-refractivity contribution in [2.75, 3.05) is 0 Å². The van der Waals surface area contributed by atoms with Gasteiger partial charge in [0.1, 0.15) is 5.78 Å². The SMILES string of the molecule is C/C1=C\CC/C(C)=C/CC(C)(C)/C=C/C1.C=C(C)C1CC=C(C)CC1.CC1=CCC(C(C)C)C=C1.CC1=CCC[C@@]2(C)CC[C@@H]3C[C@]12OC3(C)C.CC1=C[C@@]2(C(=O)C(C)C)CC[C@H](C)[C@@]2(C)CC1.CC1=C[C@H]2[C@H](C(C)C)CC[C@@H](C)[C@]2(O)CC1.C[C@H]1CC[C@@H](C(C)(C)O)CC2=C1CC[C@@H]2C. The number of aliphatic hydroxyl groups is 2. The van der Waals surface area contributed by atoms with E-state index >= 15 is 0 Å². The van der Waals surface area contributed by atoms with Gasteiger partial charge in [-0.25, -0.2) is 0 Å². The number of ketones is 1. The van der Waals surface area contributed by atoms with Crippen LogP contribution < -0.4 is 0 Å². The van der Waals surface area contributed by atoms with Gasteiger partial charge < -0.3 is 14.9 Å². The molecule has 1 aliphatic heterocycles. The maximum Gasteiger partial charge on any atom is 0.145 e. The molecule has 566 valence electrons. The second kappa shape index (κ2) is 35.9. The summed E-state index contributed by atoms with van der Waals surface area (Å²) in [5.41, 5.74) is 15.2. The zero-order chi connectivity index (χ0) is 74.7. The van der Waals surface area contributed by atoms with Gasteiger partial charge in [0.2, 0.25) is 0 Å². The van der Waals surface area contributed by atoms with Crippen molar-refractivity contribution >= 4 is 5.78 Å². The van der Waals surface area contributed by atoms with Crippen molar-refractivity contribution in [3.05, 3.63) is 129 Å². The fourth-order valence-corrected chi connectivity index (χ4v) is 20.4. The van der Waals surface area contributed by atoms with Crippen molar-refractivity contribution in [2.24, 2.45) is 98.6 Å². The number of hydrogen-bond donors (Lipinski definition) is 2. The summed E-state index contributed by atoms with van der Waals surface area (Å²) in [6.45, 7) is 62.2. The van der Waals surface area contributed by atoms with Crippen molar-refractivity contribution in [3.8, 4) is 0 Å². The molecule has 0 aromatic heterocycles. The van der Waals surface area contributed by atoms with E-state index in [0.29, 0.717) is 52.1 Å². The number of fused-ring (bicyclic) bond motifs is 3. The minimum atomic E-state index is -0.509. The van der Waals surface area contributed by atoms with Gasteiger partial charge in [0.05, 0.1) is 27.8 Å². The highest BCUT2D eigenvalue weighted by atomic mass is 16.5. The fraction of sp³-hybridized carbons (Fsp3) is 0.760. The average Bonchev–Trinajstić information content (AvgIpc) is 1.54. The molecule has 4 fully saturated rings. The highest BCUT2D eigenvalue weighted by molar-refractivity contribution is 5.90. The molecule has 1 saturated heterocycles. The molecule has 0 aromatic rings. The van der Waals surface area contributed by atoms with Gasteiger partial charge in [-0.3, -0.25) is 4.79 Å². The maximum atomic E-state index is 12.8. The zero-order valence-corrected chi connectivity index (χ0v) is 70.2. The van der Waals surface area contributed by atoms with Gasteiger partial charge in [-0.1, -0.05) is 221 Å². The minimum absolute atomic E-state index is 0.0810. The lowest BCUT2D eigenvalue weighted by Crippen LogP contribution is -2.52. The van der Waals surface area contributed by atoms with Gasteiger partial charge in [-0.05, 0) is 332 Å². The Morgan fingerprint density at radius 1 is 0.640 bits per heavy atom. The molecule has 0 radical (unpaired) electrons. The molecule has 2 unspecified atom stereocenters. The Balaban J connectivity index is 0.000000185. The third-order valence-electron chi connectivity index (χ3n) is 28.8. The van der Waals surface area contributed by atoms with Crippen LogP contribution in [-0.4, -0.2) is 38.4 Å². The Bertz CT molecular complexity index is 3050. The van der Waals surface area contributed by atoms with Crippen LogP contribution in [0.3, 0.4) is 0 Å². The summed E-state index contributed by atoms with van der Waals surface area (Å²) in [4.78, 5) is 12.8. The number of allylic oxidation sites excluding steroid dienone is 19. The summed E-state index contributed by atoms with van der Waals surface area (Å²) in [6.07, 6.45) is 57.5. The van der Waals surface area contributed by atoms with Gasteiger partial charge in [0.15, 0.2) is 0 Å². The van der Waals surface area contributed by atoms with Gasteiger partial charge >= 0.3 is 0 Å². The largest absolute Gasteiger partial charge is 0.390 e. The summed E-state index contributed by atoms with van der Waals surface area (Å²) < 4.78 is 6.61. The molecule has 3 saturated carbocycles. The van der Waals surface area contributed by atoms with Crippen LogP contribution in [0.25, 0.3) is 0 Å². The predicted octanol–water partition coefficient (Wildman–Crippen LogP) is 27.7. The van der Waals surface area contributed by atoms with Crippen LogP contribution in [0, 0.1) is 98.6 Å². The fourth-order valence-electron chi connectivity index (χ4n) is 20.4. The van der Waals surface area contributed by atoms with Crippen molar-refractivity contribution in [1.82, 2.24) is 0 Å². The quantitative estimate of drug-likeness (QED) is 0.260. The maximum absolute atomic E-state index is 12.8. The number of hydrogen-bond acceptors (Lipinski definition) is 4. The number of carbonyl (C=O) groups excluding carboxylic acids is 1. The molecule has 2 bridgehead atoms. The van der Waals surface area contributed by atoms with E-state index in [1.54, 1.807) is 16.7 Å². The first-order valence-corrected chi connectivity index (χ1v) is 41.6. The van der Waals surface area contributed by atoms with Crippen LogP contribution in [-0.2, 0) is 9.53 Å². The van der Waals surface area contributed by atoms with E-state index in [0.717, 1.165) is 74.0 Å². The lowest BCUT2D eigenvalue weighted by molar-refractivity contribution is -0.136. The monoisotopic (exact) mass is 1380 g/mol. The predicted molar refractivity (Wildman–Crippen MR) is 435 cm³/mol. The average molecular weight is 1380 g/mol. The van der Waals surface area contributed by atoms with Gasteiger partial charge in [0.25, 0.3) is 0 Å². The normalized spacial score (nSPS) is 37.7. The lowest BCUT2D eigenvalue weighted by atomic mass is 9.55. The first kappa shape index (κ1) is 85.6. The molecule has 15 atom stereocenters. The van der Waals surface area contributed by atoms with Crippen molar-refractivity contribution in [3.63, 3.8) is 0 Å². The molecule has 11 aliphatic carbocycles. The molecule has 4 heteroatoms. The Morgan fingerprint density at radius 2 is 1.31 bits per heavy atom. The van der Waals surface area contributed by atoms with E-state index in [1.165, 1.54) is 167 Å². The first-order chi connectivity index (χ1) is 46.5. The molecule has 12 aliphatic rings. The number of rotatable bonds is 6. The van der Waals surface area contributed by atoms with Crippen LogP contribution in [0.15, 0.2) is 129 Å². The highest BCUT2D eigenvalue weighted by Crippen LogP contribution is 2.65. The molecule has 0 amide bonds. The first-order valence-electron chi connectivity index (χ1n) is 41.6. The number of carbonyl (C=O) groups is 1. The number of ether oxygens (including phenoxy) is 1. The number of Topliss-reactive ketones (excluding diaryl/α,β-unsaturated/α-hetero) is 1. The molecular weight excluding hydrogens is 1220 g/mol. The van der Waals surface area contributed by atoms with Crippen molar-refractivity contribution in [2.45, 2.75) is 369 Å². The topological polar surface area (TPSA) is 66.8 Å². The van der Waals surface area contributed by atoms with Gasteiger partial charge in [0, 0.05) is 17.3 Å². The third kappa shape index (κ3) is 21.3. The lowest BCUT2D eigenvalue weighted by Gasteiger charge is -2.51. The Morgan fingerprint density at radius 3 is 1.92 bits per heavy atom. The summed E-state index contributed by atoms with van der Waals surface area (Å²) >= 11 is 0. The summed E-state index contributed by atoms with van der Waals surface area (Å²) in [6, 6.07) is 0. The van der Waals surface area contributed by atoms with E-state index < -0.39 is 11.2 Å². The van der Waals surface area contributed by atoms with E-state index in [-0.39, 0.29) is 27.9 Å². The van der Waals surface area contributed by atoms with Crippen LogP contribution in [0.5, 0.6) is 0 Å². The van der Waals surface area contributed by atoms with E-state index in [2.05, 4.69) is 240 Å². The summed E-state index contributed by atoms with van der Waals surface area (Å²) in [5, 5.41) is 21.2. The zero-order valence-electron chi connectivity index (χ0n) is 70.2. The van der Waals surface area contributed by atoms with Crippen LogP contribution in [0.2, 0.25) is 0 Å². The molecule has 12 rings (SSSR count). The summed E-state index contributed by atoms with van der Waals surface area (Å²) in [5.74, 6) is 8.63. The molecule has 1 heterocycles. The Hall–Kier alpha value is -3.31. The molecule has 1 spiro atoms. The van der Waals surface area contributed by atoms with Crippen LogP contribution in [0.1, 0.15) is 347 Å². The van der Waals surface area contributed by atoms with E-state index in [9.17, 15) is 15.0 Å². The molecule has 2 N–H and O–H groups in total. The van der Waals surface area contributed by atoms with Crippen molar-refractivity contribution in [1.29, 1.82) is 0 Å². The highest BCUT2D eigenvalue weighted by Gasteiger charge is 2.64. The third-order valence-corrected chi connectivity index (χ3v) is 28.8. The smallest absolute Gasteiger partial charge is 0.145 e. The Labute approximate surface area is 619 Å². The van der Waals surface area contributed by atoms with Crippen LogP contribution >= 0.6 is 0 Å². The van der Waals surface area contributed by atoms with E-state index in [4.69, 9.17) is 4.74 Å². The molecule has 4 nitrogen and oxygen atoms in total. The second-order valence-electron chi connectivity index (χ2n) is 39.0. The standard InChI is InChI=1S/C16H26O.C15H24O.2C15H26O.C15H24.2C10H16/c1-11(2)14(17)16-9-7-13(4)15(16,5)8-6-12(3)10-16;1-11-6-5-8-14(4)9-7-12-10-15(11,14)16-13(12,2)3;1-10-5-7-12(15(3,4)16)9-14-11(2)6-8-13(10)14;1-10(2)13-6-5-12(4)15(16)8-7-11(3)9-14(13)15;1-13-7-5-8-14(2)10-12-15(3,4)11-6-9-13;2*1-8(2)10-6-4-9(3)5-7-10/h10-11,13H,6-9H2,1-5H3;6,12H,5,7-10H2,1-4H3;10-12,16H,5-9H2,1-4H3;9-10,12-14,16H,5-8H2,1-4H3;6-7,10-11H,5,8-9,12H2,1-4H3;4-6,8,10H,7H2,1-3H3;4,10H,1,5-7H2,2-3H3/b;;;;11-6+,13-7+,14-10+;;/t13-,15+,16+;12-,14+,15+;10-,11-,12+;12-,13+,14+,15-;;;/m0101.../s1. The Kier molecular flexibility index (Phi) is 30.7. The van der Waals surface area contributed by atoms with E-state index in [1.807, 2.05) is 13.8 Å². The van der Waals surface area contributed by atoms with Crippen LogP contribution in [0.4, 0.5) is 0 Å². The van der Waals surface area contributed by atoms with Gasteiger partial charge in [-0.15, -0.1) is 0 Å². The van der Waals surface area contributed by atoms with Crippen molar-refractivity contribution < 1.29 is 19.7 Å². The minimum Gasteiger partial charge on any atom is -0.390 e. The van der Waals surface area contributed by atoms with Gasteiger partial charge in [-0.2, -0.15) is 0 Å². The summed E-state index contributed by atoms with van der Waals surface area (Å²) in [7, 11) is 0. The molecule has 100 heavy (non-hydrogen) atoms. The molecular formula is C96H158O4.